The van der Waals surface area contributed by atoms with Crippen LogP contribution in [0.5, 0.6) is 0 Å². The molecule has 4 nitrogen and oxygen atoms in total. The Balaban J connectivity index is 4.32. The summed E-state index contributed by atoms with van der Waals surface area (Å²) in [5, 5.41) is 0. The largest absolute Gasteiger partial charge is 0.438 e. The number of ether oxygens (including phenoxy) is 2. The fraction of sp³-hybridized carbons (Fsp3) is 0.400. The van der Waals surface area contributed by atoms with E-state index in [9.17, 15) is 9.59 Å². The van der Waals surface area contributed by atoms with Gasteiger partial charge in [-0.1, -0.05) is 105 Å². The van der Waals surface area contributed by atoms with Gasteiger partial charge in [-0.05, 0) is 0 Å². The molecule has 12 heteroatoms. The molecule has 22 heavy (non-hydrogen) atoms. The molecule has 0 bridgehead atoms. The van der Waals surface area contributed by atoms with E-state index in [1.54, 1.807) is 0 Å². The van der Waals surface area contributed by atoms with Crippen molar-refractivity contribution >= 4 is 105 Å². The Hall–Kier alpha value is 0.740. The van der Waals surface area contributed by atoms with Crippen molar-refractivity contribution in [1.29, 1.82) is 0 Å². The summed E-state index contributed by atoms with van der Waals surface area (Å²) in [6.45, 7) is 0. The summed E-state index contributed by atoms with van der Waals surface area (Å²) in [6.07, 6.45) is 4.12. The van der Waals surface area contributed by atoms with E-state index >= 15 is 0 Å². The molecule has 0 amide bonds. The van der Waals surface area contributed by atoms with Gasteiger partial charge in [0.15, 0.2) is 0 Å². The van der Waals surface area contributed by atoms with Gasteiger partial charge in [-0.25, -0.2) is 9.59 Å². The molecule has 0 N–H and O–H groups in total. The molecule has 0 saturated carbocycles. The summed E-state index contributed by atoms with van der Waals surface area (Å²) in [7, 11) is 0. The monoisotopic (exact) mass is 470 g/mol. The maximum Gasteiger partial charge on any atom is 0.332 e. The Morgan fingerprint density at radius 2 is 1.00 bits per heavy atom. The first kappa shape index (κ1) is 22.7. The van der Waals surface area contributed by atoms with Crippen molar-refractivity contribution in [2.24, 2.45) is 0 Å². The molecule has 0 aliphatic carbocycles. The first-order valence-electron chi connectivity index (χ1n) is 5.01. The number of rotatable bonds is 5. The van der Waals surface area contributed by atoms with Gasteiger partial charge >= 0.3 is 11.9 Å². The third-order valence-corrected chi connectivity index (χ3v) is 4.22. The number of carbonyl (C=O) groups excluding carboxylic acids is 2. The number of hydrogen-bond acceptors (Lipinski definition) is 4. The highest BCUT2D eigenvalue weighted by molar-refractivity contribution is 6.70. The topological polar surface area (TPSA) is 52.6 Å². The predicted molar refractivity (Wildman–Crippen MR) is 90.3 cm³/mol. The molecule has 126 valence electrons. The van der Waals surface area contributed by atoms with Crippen LogP contribution in [0.4, 0.5) is 0 Å². The van der Waals surface area contributed by atoms with Crippen LogP contribution >= 0.6 is 92.8 Å². The Bertz CT molecular complexity index is 409. The van der Waals surface area contributed by atoms with Gasteiger partial charge < -0.3 is 9.47 Å². The van der Waals surface area contributed by atoms with Gasteiger partial charge in [0, 0.05) is 12.2 Å². The molecule has 0 aromatic carbocycles. The second-order valence-electron chi connectivity index (χ2n) is 3.31. The lowest BCUT2D eigenvalue weighted by molar-refractivity contribution is -0.140. The summed E-state index contributed by atoms with van der Waals surface area (Å²) in [5.74, 6) is -1.80. The van der Waals surface area contributed by atoms with Crippen LogP contribution in [0.15, 0.2) is 24.3 Å². The minimum absolute atomic E-state index is 0.902. The lowest BCUT2D eigenvalue weighted by Crippen LogP contribution is -2.25. The molecule has 0 aliphatic heterocycles. The molecule has 2 unspecified atom stereocenters. The van der Waals surface area contributed by atoms with Crippen LogP contribution in [0.1, 0.15) is 0 Å². The van der Waals surface area contributed by atoms with Crippen molar-refractivity contribution in [2.45, 2.75) is 18.7 Å². The standard InChI is InChI=1S/C10H6Cl8O4/c11-7(9(13,14)15)21-5(19)3-1-2-4-6(20)22-8(12)10(16,17)18/h1-4,7-8H/b3-1+,4-2+. The lowest BCUT2D eigenvalue weighted by Gasteiger charge is -2.17. The summed E-state index contributed by atoms with van der Waals surface area (Å²) < 4.78 is 5.15. The van der Waals surface area contributed by atoms with Crippen LogP contribution in [0.2, 0.25) is 0 Å². The molecule has 2 atom stereocenters. The predicted octanol–water partition coefficient (Wildman–Crippen LogP) is 5.06. The quantitative estimate of drug-likeness (QED) is 0.242. The summed E-state index contributed by atoms with van der Waals surface area (Å²) in [4.78, 5) is 22.5. The number of alkyl halides is 8. The van der Waals surface area contributed by atoms with E-state index in [0.717, 1.165) is 24.3 Å². The van der Waals surface area contributed by atoms with Gasteiger partial charge in [-0.2, -0.15) is 0 Å². The molecule has 0 fully saturated rings. The highest BCUT2D eigenvalue weighted by atomic mass is 35.6. The minimum atomic E-state index is -1.97. The third kappa shape index (κ3) is 10.5. The van der Waals surface area contributed by atoms with Crippen LogP contribution in [-0.2, 0) is 19.1 Å². The van der Waals surface area contributed by atoms with E-state index in [4.69, 9.17) is 92.8 Å². The lowest BCUT2D eigenvalue weighted by atomic mass is 10.4. The maximum atomic E-state index is 11.3. The smallest absolute Gasteiger partial charge is 0.332 e. The van der Waals surface area contributed by atoms with Crippen LogP contribution < -0.4 is 0 Å². The Labute approximate surface area is 166 Å². The summed E-state index contributed by atoms with van der Waals surface area (Å²) in [5.41, 5.74) is -2.96. The SMILES string of the molecule is O=C(/C=C/C=C/C(=O)OC(Cl)C(Cl)(Cl)Cl)OC(Cl)C(Cl)(Cl)Cl. The molecule has 0 rings (SSSR count). The molecular weight excluding hydrogens is 468 g/mol. The minimum Gasteiger partial charge on any atom is -0.438 e. The van der Waals surface area contributed by atoms with Gasteiger partial charge in [0.2, 0.25) is 18.7 Å². The van der Waals surface area contributed by atoms with Crippen molar-refractivity contribution in [1.82, 2.24) is 0 Å². The van der Waals surface area contributed by atoms with Gasteiger partial charge in [0.25, 0.3) is 0 Å². The number of esters is 2. The molecule has 0 spiro atoms. The van der Waals surface area contributed by atoms with E-state index in [1.807, 2.05) is 0 Å². The van der Waals surface area contributed by atoms with E-state index in [1.165, 1.54) is 0 Å². The second-order valence-corrected chi connectivity index (χ2v) is 8.84. The zero-order chi connectivity index (χ0) is 17.6. The van der Waals surface area contributed by atoms with Gasteiger partial charge in [0.1, 0.15) is 0 Å². The molecule has 0 aliphatic rings. The van der Waals surface area contributed by atoms with Crippen molar-refractivity contribution in [3.63, 3.8) is 0 Å². The van der Waals surface area contributed by atoms with Crippen LogP contribution in [-0.4, -0.2) is 30.6 Å². The molecule has 0 saturated heterocycles. The summed E-state index contributed by atoms with van der Waals surface area (Å²) in [6, 6.07) is 0. The zero-order valence-electron chi connectivity index (χ0n) is 10.1. The number of allylic oxidation sites excluding steroid dienone is 2. The van der Waals surface area contributed by atoms with E-state index in [2.05, 4.69) is 9.47 Å². The molecular formula is C10H6Cl8O4. The van der Waals surface area contributed by atoms with Gasteiger partial charge in [-0.15, -0.1) is 0 Å². The van der Waals surface area contributed by atoms with Crippen molar-refractivity contribution in [2.75, 3.05) is 0 Å². The fourth-order valence-corrected chi connectivity index (χ4v) is 1.13. The summed E-state index contributed by atoms with van der Waals surface area (Å²) >= 11 is 43.4. The van der Waals surface area contributed by atoms with E-state index in [-0.39, 0.29) is 0 Å². The molecule has 0 radical (unpaired) electrons. The maximum absolute atomic E-state index is 11.3. The van der Waals surface area contributed by atoms with Crippen molar-refractivity contribution < 1.29 is 19.1 Å². The fourth-order valence-electron chi connectivity index (χ4n) is 0.684. The first-order chi connectivity index (χ1) is 9.84. The van der Waals surface area contributed by atoms with Crippen molar-refractivity contribution in [3.8, 4) is 0 Å². The first-order valence-corrected chi connectivity index (χ1v) is 8.15. The molecule has 0 aromatic heterocycles. The van der Waals surface area contributed by atoms with Crippen LogP contribution in [0.3, 0.4) is 0 Å². The Morgan fingerprint density at radius 3 is 1.23 bits per heavy atom. The average Bonchev–Trinajstić information content (AvgIpc) is 2.32. The van der Waals surface area contributed by atoms with Gasteiger partial charge in [-0.3, -0.25) is 0 Å². The highest BCUT2D eigenvalue weighted by Gasteiger charge is 2.34. The number of hydrogen-bond donors (Lipinski definition) is 0. The average molecular weight is 474 g/mol. The zero-order valence-corrected chi connectivity index (χ0v) is 16.2. The molecule has 0 aromatic rings. The van der Waals surface area contributed by atoms with Crippen LogP contribution in [0, 0.1) is 0 Å². The van der Waals surface area contributed by atoms with Crippen LogP contribution in [0.25, 0.3) is 0 Å². The Morgan fingerprint density at radius 1 is 0.727 bits per heavy atom. The van der Waals surface area contributed by atoms with E-state index in [0.29, 0.717) is 0 Å². The normalized spacial score (nSPS) is 15.8. The highest BCUT2D eigenvalue weighted by Crippen LogP contribution is 2.35. The van der Waals surface area contributed by atoms with Crippen molar-refractivity contribution in [3.05, 3.63) is 24.3 Å². The van der Waals surface area contributed by atoms with E-state index < -0.39 is 30.6 Å². The number of halogens is 8. The second kappa shape index (κ2) is 9.90. The Kier molecular flexibility index (Phi) is 10.2. The van der Waals surface area contributed by atoms with Gasteiger partial charge in [0.05, 0.1) is 0 Å². The third-order valence-electron chi connectivity index (χ3n) is 1.53. The number of carbonyl (C=O) groups is 2. The molecule has 0 heterocycles.